The van der Waals surface area contributed by atoms with Crippen LogP contribution in [0.3, 0.4) is 0 Å². The molecule has 1 atom stereocenters. The summed E-state index contributed by atoms with van der Waals surface area (Å²) in [5.41, 5.74) is 1.27. The summed E-state index contributed by atoms with van der Waals surface area (Å²) in [7, 11) is 0. The maximum atomic E-state index is 12.2. The van der Waals surface area contributed by atoms with Crippen LogP contribution < -0.4 is 5.32 Å². The van der Waals surface area contributed by atoms with E-state index >= 15 is 0 Å². The minimum Gasteiger partial charge on any atom is -0.449 e. The van der Waals surface area contributed by atoms with E-state index in [-0.39, 0.29) is 5.82 Å². The van der Waals surface area contributed by atoms with Crippen LogP contribution in [0.1, 0.15) is 17.3 Å². The van der Waals surface area contributed by atoms with Gasteiger partial charge in [0.25, 0.3) is 5.91 Å². The van der Waals surface area contributed by atoms with Gasteiger partial charge in [0.05, 0.1) is 11.9 Å². The van der Waals surface area contributed by atoms with Gasteiger partial charge in [-0.05, 0) is 35.0 Å². The second-order valence-corrected chi connectivity index (χ2v) is 5.69. The molecule has 0 aliphatic carbocycles. The van der Waals surface area contributed by atoms with E-state index in [9.17, 15) is 9.59 Å². The van der Waals surface area contributed by atoms with Crippen LogP contribution >= 0.6 is 15.9 Å². The van der Waals surface area contributed by atoms with Gasteiger partial charge in [-0.3, -0.25) is 4.79 Å². The highest BCUT2D eigenvalue weighted by molar-refractivity contribution is 9.10. The molecule has 2 heterocycles. The number of hydrogen-bond acceptors (Lipinski definition) is 6. The summed E-state index contributed by atoms with van der Waals surface area (Å²) in [6, 6.07) is 6.82. The summed E-state index contributed by atoms with van der Waals surface area (Å²) in [5.74, 6) is -0.837. The first-order chi connectivity index (χ1) is 11.6. The van der Waals surface area contributed by atoms with E-state index < -0.39 is 18.0 Å². The third-order valence-corrected chi connectivity index (χ3v) is 3.90. The van der Waals surface area contributed by atoms with E-state index in [1.54, 1.807) is 24.3 Å². The Bertz CT molecular complexity index is 911. The lowest BCUT2D eigenvalue weighted by atomic mass is 10.2. The lowest BCUT2D eigenvalue weighted by Gasteiger charge is -2.13. The SMILES string of the molecule is C[C@H](OC(=O)c1ccccc1Br)C(=O)Nc1ncnc2nc[nH]c12. The zero-order valence-electron chi connectivity index (χ0n) is 12.5. The Balaban J connectivity index is 1.70. The van der Waals surface area contributed by atoms with Gasteiger partial charge < -0.3 is 15.0 Å². The fraction of sp³-hybridized carbons (Fsp3) is 0.133. The van der Waals surface area contributed by atoms with Crippen LogP contribution in [0.25, 0.3) is 11.2 Å². The Hall–Kier alpha value is -2.81. The number of halogens is 1. The van der Waals surface area contributed by atoms with Gasteiger partial charge >= 0.3 is 5.97 Å². The quantitative estimate of drug-likeness (QED) is 0.662. The summed E-state index contributed by atoms with van der Waals surface area (Å²) >= 11 is 3.27. The average Bonchev–Trinajstić information content (AvgIpc) is 3.04. The Kier molecular flexibility index (Phi) is 4.52. The van der Waals surface area contributed by atoms with E-state index in [0.29, 0.717) is 21.2 Å². The van der Waals surface area contributed by atoms with Crippen molar-refractivity contribution in [2.45, 2.75) is 13.0 Å². The van der Waals surface area contributed by atoms with E-state index in [2.05, 4.69) is 41.2 Å². The number of amides is 1. The second kappa shape index (κ2) is 6.75. The number of aromatic nitrogens is 4. The number of ether oxygens (including phenoxy) is 1. The van der Waals surface area contributed by atoms with Crippen molar-refractivity contribution in [1.82, 2.24) is 19.9 Å². The maximum Gasteiger partial charge on any atom is 0.340 e. The molecule has 8 nitrogen and oxygen atoms in total. The molecular weight excluding hydrogens is 378 g/mol. The molecule has 24 heavy (non-hydrogen) atoms. The van der Waals surface area contributed by atoms with E-state index in [0.717, 1.165) is 0 Å². The van der Waals surface area contributed by atoms with Crippen LogP contribution in [0.5, 0.6) is 0 Å². The van der Waals surface area contributed by atoms with Crippen LogP contribution in [-0.4, -0.2) is 37.9 Å². The predicted molar refractivity (Wildman–Crippen MR) is 89.3 cm³/mol. The number of hydrogen-bond donors (Lipinski definition) is 2. The topological polar surface area (TPSA) is 110 Å². The molecule has 0 aliphatic rings. The number of fused-ring (bicyclic) bond motifs is 1. The van der Waals surface area contributed by atoms with Gasteiger partial charge in [-0.15, -0.1) is 0 Å². The Morgan fingerprint density at radius 2 is 2.04 bits per heavy atom. The van der Waals surface area contributed by atoms with Crippen molar-refractivity contribution in [3.8, 4) is 0 Å². The van der Waals surface area contributed by atoms with Gasteiger partial charge in [-0.2, -0.15) is 0 Å². The van der Waals surface area contributed by atoms with E-state index in [1.807, 2.05) is 0 Å². The van der Waals surface area contributed by atoms with Crippen LogP contribution in [-0.2, 0) is 9.53 Å². The number of imidazole rings is 1. The van der Waals surface area contributed by atoms with Crippen molar-refractivity contribution >= 4 is 44.8 Å². The largest absolute Gasteiger partial charge is 0.449 e. The molecular formula is C15H12BrN5O3. The standard InChI is InChI=1S/C15H12BrN5O3/c1-8(24-15(23)9-4-2-3-5-10(9)16)14(22)21-13-11-12(18-6-17-11)19-7-20-13/h2-8H,1H3,(H2,17,18,19,20,21,22)/t8-/m0/s1. The summed E-state index contributed by atoms with van der Waals surface area (Å²) in [5, 5.41) is 2.59. The normalized spacial score (nSPS) is 11.9. The zero-order valence-corrected chi connectivity index (χ0v) is 14.1. The van der Waals surface area contributed by atoms with Crippen molar-refractivity contribution < 1.29 is 14.3 Å². The number of anilines is 1. The molecule has 0 radical (unpaired) electrons. The number of nitrogens with one attached hydrogen (secondary N) is 2. The third-order valence-electron chi connectivity index (χ3n) is 3.21. The Morgan fingerprint density at radius 1 is 1.25 bits per heavy atom. The monoisotopic (exact) mass is 389 g/mol. The van der Waals surface area contributed by atoms with Gasteiger partial charge in [0.2, 0.25) is 0 Å². The number of esters is 1. The number of carbonyl (C=O) groups is 2. The molecule has 0 aliphatic heterocycles. The average molecular weight is 390 g/mol. The molecule has 9 heteroatoms. The minimum atomic E-state index is -1.00. The summed E-state index contributed by atoms with van der Waals surface area (Å²) in [4.78, 5) is 39.1. The molecule has 0 bridgehead atoms. The molecule has 2 N–H and O–H groups in total. The van der Waals surface area contributed by atoms with Crippen molar-refractivity contribution in [2.24, 2.45) is 0 Å². The first-order valence-electron chi connectivity index (χ1n) is 6.96. The lowest BCUT2D eigenvalue weighted by molar-refractivity contribution is -0.123. The maximum absolute atomic E-state index is 12.2. The van der Waals surface area contributed by atoms with Crippen molar-refractivity contribution in [3.05, 3.63) is 47.0 Å². The highest BCUT2D eigenvalue weighted by Gasteiger charge is 2.21. The first kappa shape index (κ1) is 16.1. The van der Waals surface area contributed by atoms with Gasteiger partial charge in [-0.1, -0.05) is 12.1 Å². The highest BCUT2D eigenvalue weighted by Crippen LogP contribution is 2.18. The van der Waals surface area contributed by atoms with Gasteiger partial charge in [0.1, 0.15) is 11.8 Å². The number of carbonyl (C=O) groups excluding carboxylic acids is 2. The van der Waals surface area contributed by atoms with Crippen molar-refractivity contribution in [3.63, 3.8) is 0 Å². The first-order valence-corrected chi connectivity index (χ1v) is 7.76. The third kappa shape index (κ3) is 3.25. The Labute approximate surface area is 144 Å². The molecule has 0 unspecified atom stereocenters. The number of benzene rings is 1. The van der Waals surface area contributed by atoms with Crippen molar-refractivity contribution in [2.75, 3.05) is 5.32 Å². The molecule has 122 valence electrons. The molecule has 1 aromatic carbocycles. The molecule has 0 fully saturated rings. The summed E-state index contributed by atoms with van der Waals surface area (Å²) in [6.07, 6.45) is 1.74. The fourth-order valence-corrected chi connectivity index (χ4v) is 2.43. The number of H-pyrrole nitrogens is 1. The Morgan fingerprint density at radius 3 is 2.83 bits per heavy atom. The predicted octanol–water partition coefficient (Wildman–Crippen LogP) is 2.30. The number of aromatic amines is 1. The number of nitrogens with zero attached hydrogens (tertiary/aromatic N) is 3. The molecule has 2 aromatic heterocycles. The molecule has 0 saturated carbocycles. The van der Waals surface area contributed by atoms with E-state index in [4.69, 9.17) is 4.74 Å². The molecule has 0 spiro atoms. The van der Waals surface area contributed by atoms with Crippen LogP contribution in [0.2, 0.25) is 0 Å². The van der Waals surface area contributed by atoms with E-state index in [1.165, 1.54) is 19.6 Å². The van der Waals surface area contributed by atoms with Gasteiger partial charge in [0.15, 0.2) is 17.6 Å². The second-order valence-electron chi connectivity index (χ2n) is 4.84. The molecule has 0 saturated heterocycles. The highest BCUT2D eigenvalue weighted by atomic mass is 79.9. The molecule has 1 amide bonds. The van der Waals surface area contributed by atoms with Crippen molar-refractivity contribution in [1.29, 1.82) is 0 Å². The number of rotatable bonds is 4. The molecule has 3 aromatic rings. The fourth-order valence-electron chi connectivity index (χ4n) is 1.98. The summed E-state index contributed by atoms with van der Waals surface area (Å²) < 4.78 is 5.79. The van der Waals surface area contributed by atoms with Crippen LogP contribution in [0.4, 0.5) is 5.82 Å². The smallest absolute Gasteiger partial charge is 0.340 e. The minimum absolute atomic E-state index is 0.270. The summed E-state index contributed by atoms with van der Waals surface area (Å²) in [6.45, 7) is 1.48. The molecule has 3 rings (SSSR count). The van der Waals surface area contributed by atoms with Crippen LogP contribution in [0.15, 0.2) is 41.4 Å². The zero-order chi connectivity index (χ0) is 17.1. The lowest BCUT2D eigenvalue weighted by Crippen LogP contribution is -2.30. The van der Waals surface area contributed by atoms with Gasteiger partial charge in [0, 0.05) is 4.47 Å². The van der Waals surface area contributed by atoms with Crippen LogP contribution in [0, 0.1) is 0 Å². The van der Waals surface area contributed by atoms with Gasteiger partial charge in [-0.25, -0.2) is 19.7 Å².